The normalized spacial score (nSPS) is 11.7. The van der Waals surface area contributed by atoms with Gasteiger partial charge in [0.2, 0.25) is 0 Å². The zero-order chi connectivity index (χ0) is 16.6. The molecule has 0 amide bonds. The van der Waals surface area contributed by atoms with Crippen LogP contribution in [0.15, 0.2) is 72.7 Å². The van der Waals surface area contributed by atoms with Crippen LogP contribution < -0.4 is 0 Å². The van der Waals surface area contributed by atoms with Gasteiger partial charge >= 0.3 is 0 Å². The van der Waals surface area contributed by atoms with Crippen LogP contribution >= 0.6 is 0 Å². The van der Waals surface area contributed by atoms with E-state index in [1.165, 1.54) is 0 Å². The van der Waals surface area contributed by atoms with Crippen molar-refractivity contribution in [2.75, 3.05) is 0 Å². The van der Waals surface area contributed by atoms with E-state index >= 15 is 0 Å². The highest BCUT2D eigenvalue weighted by molar-refractivity contribution is 7.86. The zero-order valence-corrected chi connectivity index (χ0v) is 13.3. The summed E-state index contributed by atoms with van der Waals surface area (Å²) in [7, 11) is -4.39. The molecule has 3 rings (SSSR count). The van der Waals surface area contributed by atoms with Crippen molar-refractivity contribution in [1.82, 2.24) is 0 Å². The molecule has 0 radical (unpaired) electrons. The van der Waals surface area contributed by atoms with Crippen LogP contribution in [0, 0.1) is 0 Å². The minimum Gasteiger partial charge on any atom is -0.282 e. The maximum Gasteiger partial charge on any atom is 0.295 e. The summed E-state index contributed by atoms with van der Waals surface area (Å²) in [6.45, 7) is 7.56. The Morgan fingerprint density at radius 2 is 1.70 bits per heavy atom. The number of fused-ring (bicyclic) bond motifs is 2. The first-order chi connectivity index (χ1) is 10.9. The highest BCUT2D eigenvalue weighted by atomic mass is 32.2. The second kappa shape index (κ2) is 5.65. The third-order valence-electron chi connectivity index (χ3n) is 3.87. The molecule has 0 heterocycles. The Hall–Kier alpha value is -2.43. The van der Waals surface area contributed by atoms with E-state index in [4.69, 9.17) is 0 Å². The van der Waals surface area contributed by atoms with Gasteiger partial charge < -0.3 is 0 Å². The maximum absolute atomic E-state index is 12.0. The Labute approximate surface area is 135 Å². The predicted molar refractivity (Wildman–Crippen MR) is 95.1 cm³/mol. The second-order valence-electron chi connectivity index (χ2n) is 5.43. The SMILES string of the molecule is C=CCC(=C)c1ccc2cc3ccccc3cc2c1S(=O)(=O)O. The smallest absolute Gasteiger partial charge is 0.282 e. The summed E-state index contributed by atoms with van der Waals surface area (Å²) in [5.74, 6) is 0. The molecule has 23 heavy (non-hydrogen) atoms. The molecule has 0 bridgehead atoms. The molecule has 0 saturated heterocycles. The summed E-state index contributed by atoms with van der Waals surface area (Å²) in [6.07, 6.45) is 2.10. The Morgan fingerprint density at radius 1 is 1.04 bits per heavy atom. The summed E-state index contributed by atoms with van der Waals surface area (Å²) in [4.78, 5) is -0.0902. The van der Waals surface area contributed by atoms with Crippen LogP contribution in [0.4, 0.5) is 0 Å². The summed E-state index contributed by atoms with van der Waals surface area (Å²) in [5, 5.41) is 3.18. The predicted octanol–water partition coefficient (Wildman–Crippen LogP) is 4.83. The average molecular weight is 324 g/mol. The standard InChI is InChI=1S/C19H16O3S/c1-3-6-13(2)17-10-9-16-11-14-7-4-5-8-15(14)12-18(16)19(17)23(20,21)22/h3-5,7-12H,1-2,6H2,(H,20,21,22). The molecule has 0 fully saturated rings. The van der Waals surface area contributed by atoms with Gasteiger partial charge in [-0.1, -0.05) is 49.1 Å². The van der Waals surface area contributed by atoms with E-state index in [-0.39, 0.29) is 4.90 Å². The average Bonchev–Trinajstić information content (AvgIpc) is 2.51. The molecule has 0 aliphatic heterocycles. The molecule has 0 atom stereocenters. The van der Waals surface area contributed by atoms with Crippen molar-refractivity contribution >= 4 is 37.2 Å². The monoisotopic (exact) mass is 324 g/mol. The van der Waals surface area contributed by atoms with Gasteiger partial charge in [-0.05, 0) is 45.8 Å². The largest absolute Gasteiger partial charge is 0.295 e. The van der Waals surface area contributed by atoms with Gasteiger partial charge in [-0.25, -0.2) is 0 Å². The fraction of sp³-hybridized carbons (Fsp3) is 0.0526. The molecule has 3 nitrogen and oxygen atoms in total. The maximum atomic E-state index is 12.0. The highest BCUT2D eigenvalue weighted by Crippen LogP contribution is 2.34. The number of benzene rings is 3. The van der Waals surface area contributed by atoms with Crippen LogP contribution in [0.25, 0.3) is 27.1 Å². The van der Waals surface area contributed by atoms with Crippen LogP contribution in [0.2, 0.25) is 0 Å². The van der Waals surface area contributed by atoms with E-state index in [9.17, 15) is 13.0 Å². The Balaban J connectivity index is 2.45. The first-order valence-electron chi connectivity index (χ1n) is 7.14. The first kappa shape index (κ1) is 15.5. The molecule has 0 saturated carbocycles. The molecule has 0 aliphatic rings. The van der Waals surface area contributed by atoms with Gasteiger partial charge in [-0.2, -0.15) is 8.42 Å². The summed E-state index contributed by atoms with van der Waals surface area (Å²) < 4.78 is 33.8. The van der Waals surface area contributed by atoms with Gasteiger partial charge in [0.25, 0.3) is 10.1 Å². The van der Waals surface area contributed by atoms with Crippen LogP contribution in [-0.4, -0.2) is 13.0 Å². The molecule has 0 unspecified atom stereocenters. The van der Waals surface area contributed by atoms with Crippen molar-refractivity contribution < 1.29 is 13.0 Å². The van der Waals surface area contributed by atoms with E-state index in [1.54, 1.807) is 18.2 Å². The van der Waals surface area contributed by atoms with Crippen LogP contribution in [0.3, 0.4) is 0 Å². The van der Waals surface area contributed by atoms with Gasteiger partial charge in [-0.3, -0.25) is 4.55 Å². The molecule has 0 spiro atoms. The molecular formula is C19H16O3S. The molecule has 0 aliphatic carbocycles. The topological polar surface area (TPSA) is 54.4 Å². The van der Waals surface area contributed by atoms with Crippen molar-refractivity contribution in [3.63, 3.8) is 0 Å². The van der Waals surface area contributed by atoms with Crippen LogP contribution in [0.1, 0.15) is 12.0 Å². The zero-order valence-electron chi connectivity index (χ0n) is 12.5. The number of rotatable bonds is 4. The summed E-state index contributed by atoms with van der Waals surface area (Å²) >= 11 is 0. The van der Waals surface area contributed by atoms with Crippen molar-refractivity contribution in [3.05, 3.63) is 73.3 Å². The first-order valence-corrected chi connectivity index (χ1v) is 8.58. The Morgan fingerprint density at radius 3 is 2.30 bits per heavy atom. The van der Waals surface area contributed by atoms with Gasteiger partial charge in [0.15, 0.2) is 0 Å². The number of allylic oxidation sites excluding steroid dienone is 2. The Bertz CT molecular complexity index is 1050. The van der Waals surface area contributed by atoms with Gasteiger partial charge in [-0.15, -0.1) is 6.58 Å². The quantitative estimate of drug-likeness (QED) is 0.425. The fourth-order valence-electron chi connectivity index (χ4n) is 2.83. The lowest BCUT2D eigenvalue weighted by Gasteiger charge is -2.13. The highest BCUT2D eigenvalue weighted by Gasteiger charge is 2.21. The van der Waals surface area contributed by atoms with Crippen molar-refractivity contribution in [2.45, 2.75) is 11.3 Å². The molecule has 3 aromatic rings. The lowest BCUT2D eigenvalue weighted by molar-refractivity contribution is 0.484. The van der Waals surface area contributed by atoms with E-state index in [1.807, 2.05) is 36.4 Å². The van der Waals surface area contributed by atoms with E-state index < -0.39 is 10.1 Å². The van der Waals surface area contributed by atoms with Gasteiger partial charge in [0, 0.05) is 5.39 Å². The summed E-state index contributed by atoms with van der Waals surface area (Å²) in [6, 6.07) is 14.9. The third-order valence-corrected chi connectivity index (χ3v) is 4.82. The van der Waals surface area contributed by atoms with Crippen molar-refractivity contribution in [2.24, 2.45) is 0 Å². The second-order valence-corrected chi connectivity index (χ2v) is 6.79. The minimum atomic E-state index is -4.39. The van der Waals surface area contributed by atoms with E-state index in [0.29, 0.717) is 22.9 Å². The molecule has 1 N–H and O–H groups in total. The fourth-order valence-corrected chi connectivity index (χ4v) is 3.77. The molecule has 3 aromatic carbocycles. The molecule has 4 heteroatoms. The van der Waals surface area contributed by atoms with Crippen molar-refractivity contribution in [1.29, 1.82) is 0 Å². The number of hydrogen-bond acceptors (Lipinski definition) is 2. The molecule has 0 aromatic heterocycles. The van der Waals surface area contributed by atoms with Crippen molar-refractivity contribution in [3.8, 4) is 0 Å². The van der Waals surface area contributed by atoms with E-state index in [0.717, 1.165) is 16.2 Å². The summed E-state index contributed by atoms with van der Waals surface area (Å²) in [5.41, 5.74) is 1.03. The van der Waals surface area contributed by atoms with Crippen LogP contribution in [-0.2, 0) is 10.1 Å². The number of hydrogen-bond donors (Lipinski definition) is 1. The third kappa shape index (κ3) is 2.79. The van der Waals surface area contributed by atoms with Crippen LogP contribution in [0.5, 0.6) is 0 Å². The lowest BCUT2D eigenvalue weighted by atomic mass is 9.97. The molecule has 116 valence electrons. The minimum absolute atomic E-state index is 0.0902. The molecular weight excluding hydrogens is 308 g/mol. The lowest BCUT2D eigenvalue weighted by Crippen LogP contribution is -2.04. The van der Waals surface area contributed by atoms with Gasteiger partial charge in [0.05, 0.1) is 0 Å². The van der Waals surface area contributed by atoms with Gasteiger partial charge in [0.1, 0.15) is 4.90 Å². The van der Waals surface area contributed by atoms with E-state index in [2.05, 4.69) is 13.2 Å². The Kier molecular flexibility index (Phi) is 3.80.